The van der Waals surface area contributed by atoms with Gasteiger partial charge in [-0.3, -0.25) is 0 Å². The van der Waals surface area contributed by atoms with Gasteiger partial charge in [-0.2, -0.15) is 10.2 Å². The molecule has 64 valence electrons. The molecule has 0 radical (unpaired) electrons. The van der Waals surface area contributed by atoms with Crippen molar-refractivity contribution in [2.75, 3.05) is 13.2 Å². The summed E-state index contributed by atoms with van der Waals surface area (Å²) in [4.78, 5) is 0. The molecular weight excluding hydrogens is 154 g/mol. The highest BCUT2D eigenvalue weighted by atomic mass is 16.5. The molecule has 1 aliphatic rings. The van der Waals surface area contributed by atoms with Gasteiger partial charge in [0.25, 0.3) is 0 Å². The average Bonchev–Trinajstić information content (AvgIpc) is 2.04. The molecule has 1 N–H and O–H groups in total. The highest BCUT2D eigenvalue weighted by Crippen LogP contribution is 2.00. The fourth-order valence-electron chi connectivity index (χ4n) is 1.03. The minimum atomic E-state index is 0.506. The van der Waals surface area contributed by atoms with Gasteiger partial charge in [-0.05, 0) is 12.1 Å². The molecule has 0 amide bonds. The van der Waals surface area contributed by atoms with E-state index in [0.717, 1.165) is 25.5 Å². The monoisotopic (exact) mass is 165 g/mol. The van der Waals surface area contributed by atoms with Crippen LogP contribution < -0.4 is 5.32 Å². The Kier molecular flexibility index (Phi) is 2.29. The lowest BCUT2D eigenvalue weighted by molar-refractivity contribution is -0.00593. The summed E-state index contributed by atoms with van der Waals surface area (Å²) in [5, 5.41) is 11.0. The Labute approximate surface area is 71.0 Å². The quantitative estimate of drug-likeness (QED) is 0.683. The predicted molar refractivity (Wildman–Crippen MR) is 43.5 cm³/mol. The number of nitrogens with zero attached hydrogens (tertiary/aromatic N) is 2. The molecule has 0 atom stereocenters. The Balaban J connectivity index is 1.79. The van der Waals surface area contributed by atoms with Crippen LogP contribution in [0.1, 0.15) is 5.69 Å². The molecule has 1 aromatic heterocycles. The summed E-state index contributed by atoms with van der Waals surface area (Å²) in [6.07, 6.45) is 1.68. The van der Waals surface area contributed by atoms with Gasteiger partial charge in [-0.1, -0.05) is 0 Å². The maximum Gasteiger partial charge on any atom is 0.0769 e. The van der Waals surface area contributed by atoms with Crippen LogP contribution in [0.25, 0.3) is 0 Å². The topological polar surface area (TPSA) is 47.0 Å². The van der Waals surface area contributed by atoms with E-state index < -0.39 is 0 Å². The van der Waals surface area contributed by atoms with E-state index in [1.807, 2.05) is 12.1 Å². The molecule has 0 spiro atoms. The Bertz CT molecular complexity index is 235. The first-order valence-electron chi connectivity index (χ1n) is 4.03. The number of hydrogen-bond donors (Lipinski definition) is 1. The second kappa shape index (κ2) is 3.60. The Morgan fingerprint density at radius 2 is 2.50 bits per heavy atom. The average molecular weight is 165 g/mol. The summed E-state index contributed by atoms with van der Waals surface area (Å²) in [5.74, 6) is 0. The Hall–Kier alpha value is -1.00. The summed E-state index contributed by atoms with van der Waals surface area (Å²) in [5.41, 5.74) is 0.976. The Morgan fingerprint density at radius 1 is 1.58 bits per heavy atom. The summed E-state index contributed by atoms with van der Waals surface area (Å²) in [6.45, 7) is 2.42. The molecule has 0 saturated carbocycles. The number of aromatic nitrogens is 2. The van der Waals surface area contributed by atoms with Crippen molar-refractivity contribution in [2.24, 2.45) is 0 Å². The van der Waals surface area contributed by atoms with Crippen LogP contribution in [-0.2, 0) is 11.3 Å². The van der Waals surface area contributed by atoms with Gasteiger partial charge in [0.2, 0.25) is 0 Å². The zero-order valence-electron chi connectivity index (χ0n) is 6.73. The summed E-state index contributed by atoms with van der Waals surface area (Å²) < 4.78 is 5.02. The van der Waals surface area contributed by atoms with Crippen molar-refractivity contribution < 1.29 is 4.74 Å². The van der Waals surface area contributed by atoms with Gasteiger partial charge in [0, 0.05) is 12.7 Å². The van der Waals surface area contributed by atoms with Crippen molar-refractivity contribution in [3.05, 3.63) is 24.0 Å². The van der Waals surface area contributed by atoms with Crippen LogP contribution in [0.5, 0.6) is 0 Å². The highest BCUT2D eigenvalue weighted by Gasteiger charge is 2.16. The van der Waals surface area contributed by atoms with Gasteiger partial charge in [0.15, 0.2) is 0 Å². The minimum Gasteiger partial charge on any atom is -0.378 e. The summed E-state index contributed by atoms with van der Waals surface area (Å²) >= 11 is 0. The molecule has 0 unspecified atom stereocenters. The molecule has 12 heavy (non-hydrogen) atoms. The minimum absolute atomic E-state index is 0.506. The van der Waals surface area contributed by atoms with E-state index in [1.54, 1.807) is 6.20 Å². The lowest BCUT2D eigenvalue weighted by Crippen LogP contribution is -2.45. The molecule has 4 nitrogen and oxygen atoms in total. The van der Waals surface area contributed by atoms with E-state index in [1.165, 1.54) is 0 Å². The summed E-state index contributed by atoms with van der Waals surface area (Å²) in [7, 11) is 0. The smallest absolute Gasteiger partial charge is 0.0769 e. The van der Waals surface area contributed by atoms with Gasteiger partial charge < -0.3 is 10.1 Å². The third-order valence-corrected chi connectivity index (χ3v) is 1.84. The zero-order chi connectivity index (χ0) is 8.23. The van der Waals surface area contributed by atoms with Crippen LogP contribution in [0.3, 0.4) is 0 Å². The maximum absolute atomic E-state index is 5.02. The lowest BCUT2D eigenvalue weighted by Gasteiger charge is -2.26. The van der Waals surface area contributed by atoms with Gasteiger partial charge in [0.05, 0.1) is 24.9 Å². The van der Waals surface area contributed by atoms with Gasteiger partial charge >= 0.3 is 0 Å². The van der Waals surface area contributed by atoms with Crippen molar-refractivity contribution in [2.45, 2.75) is 12.6 Å². The second-order valence-electron chi connectivity index (χ2n) is 2.83. The normalized spacial score (nSPS) is 17.3. The molecule has 0 aliphatic carbocycles. The zero-order valence-corrected chi connectivity index (χ0v) is 6.73. The van der Waals surface area contributed by atoms with E-state index in [2.05, 4.69) is 15.5 Å². The Morgan fingerprint density at radius 3 is 3.08 bits per heavy atom. The number of hydrogen-bond acceptors (Lipinski definition) is 4. The van der Waals surface area contributed by atoms with Crippen LogP contribution >= 0.6 is 0 Å². The standard InChI is InChI=1S/C8H11N3O/c1-2-7(11-10-3-1)4-9-8-5-12-6-8/h1-3,8-9H,4-6H2. The molecule has 0 bridgehead atoms. The van der Waals surface area contributed by atoms with E-state index in [9.17, 15) is 0 Å². The fourth-order valence-corrected chi connectivity index (χ4v) is 1.03. The number of nitrogens with one attached hydrogen (secondary N) is 1. The first-order valence-corrected chi connectivity index (χ1v) is 4.03. The first-order chi connectivity index (χ1) is 5.95. The third kappa shape index (κ3) is 1.78. The van der Waals surface area contributed by atoms with Crippen molar-refractivity contribution in [1.82, 2.24) is 15.5 Å². The second-order valence-corrected chi connectivity index (χ2v) is 2.83. The van der Waals surface area contributed by atoms with Gasteiger partial charge in [-0.15, -0.1) is 0 Å². The number of ether oxygens (including phenoxy) is 1. The van der Waals surface area contributed by atoms with Crippen LogP contribution in [-0.4, -0.2) is 29.5 Å². The van der Waals surface area contributed by atoms with Crippen molar-refractivity contribution in [3.63, 3.8) is 0 Å². The molecule has 2 heterocycles. The fraction of sp³-hybridized carbons (Fsp3) is 0.500. The molecule has 1 fully saturated rings. The van der Waals surface area contributed by atoms with Crippen molar-refractivity contribution in [1.29, 1.82) is 0 Å². The predicted octanol–water partition coefficient (Wildman–Crippen LogP) is -0.0350. The van der Waals surface area contributed by atoms with Crippen LogP contribution in [0.15, 0.2) is 18.3 Å². The van der Waals surface area contributed by atoms with Crippen LogP contribution in [0, 0.1) is 0 Å². The van der Waals surface area contributed by atoms with Crippen molar-refractivity contribution in [3.8, 4) is 0 Å². The third-order valence-electron chi connectivity index (χ3n) is 1.84. The van der Waals surface area contributed by atoms with E-state index in [0.29, 0.717) is 6.04 Å². The van der Waals surface area contributed by atoms with Crippen LogP contribution in [0.2, 0.25) is 0 Å². The molecular formula is C8H11N3O. The SMILES string of the molecule is c1cnnc(CNC2COC2)c1. The number of rotatable bonds is 3. The largest absolute Gasteiger partial charge is 0.378 e. The maximum atomic E-state index is 5.02. The van der Waals surface area contributed by atoms with Gasteiger partial charge in [0.1, 0.15) is 0 Å². The van der Waals surface area contributed by atoms with Crippen LogP contribution in [0.4, 0.5) is 0 Å². The molecule has 2 rings (SSSR count). The molecule has 0 aromatic carbocycles. The van der Waals surface area contributed by atoms with E-state index in [-0.39, 0.29) is 0 Å². The molecule has 1 saturated heterocycles. The summed E-state index contributed by atoms with van der Waals surface area (Å²) in [6, 6.07) is 4.35. The highest BCUT2D eigenvalue weighted by molar-refractivity contribution is 4.98. The molecule has 1 aliphatic heterocycles. The first kappa shape index (κ1) is 7.64. The van der Waals surface area contributed by atoms with E-state index in [4.69, 9.17) is 4.74 Å². The molecule has 1 aromatic rings. The van der Waals surface area contributed by atoms with Gasteiger partial charge in [-0.25, -0.2) is 0 Å². The molecule has 4 heteroatoms. The lowest BCUT2D eigenvalue weighted by atomic mass is 10.2. The van der Waals surface area contributed by atoms with E-state index >= 15 is 0 Å². The van der Waals surface area contributed by atoms with Crippen molar-refractivity contribution >= 4 is 0 Å².